The fourth-order valence-electron chi connectivity index (χ4n) is 1.32. The highest BCUT2D eigenvalue weighted by Gasteiger charge is 2.35. The van der Waals surface area contributed by atoms with Crippen molar-refractivity contribution >= 4 is 5.91 Å². The quantitative estimate of drug-likeness (QED) is 0.663. The average Bonchev–Trinajstić information content (AvgIpc) is 2.62. The zero-order chi connectivity index (χ0) is 9.42. The molecule has 2 rings (SSSR count). The van der Waals surface area contributed by atoms with Gasteiger partial charge in [-0.1, -0.05) is 0 Å². The van der Waals surface area contributed by atoms with E-state index in [1.807, 2.05) is 19.3 Å². The summed E-state index contributed by atoms with van der Waals surface area (Å²) in [6.45, 7) is 0. The summed E-state index contributed by atoms with van der Waals surface area (Å²) in [7, 11) is 1.85. The van der Waals surface area contributed by atoms with Gasteiger partial charge in [0, 0.05) is 25.3 Å². The maximum Gasteiger partial charge on any atom is 0.268 e. The summed E-state index contributed by atoms with van der Waals surface area (Å²) >= 11 is 0. The minimum atomic E-state index is -0.0366. The Morgan fingerprint density at radius 3 is 2.92 bits per heavy atom. The predicted molar refractivity (Wildman–Crippen MR) is 49.3 cm³/mol. The van der Waals surface area contributed by atoms with Crippen LogP contribution >= 0.6 is 0 Å². The number of aryl methyl sites for hydroxylation is 1. The van der Waals surface area contributed by atoms with Crippen LogP contribution < -0.4 is 11.1 Å². The molecule has 1 aromatic heterocycles. The summed E-state index contributed by atoms with van der Waals surface area (Å²) in [6.07, 6.45) is 2.75. The van der Waals surface area contributed by atoms with Gasteiger partial charge in [0.2, 0.25) is 0 Å². The Bertz CT molecular complexity index is 331. The Labute approximate surface area is 76.7 Å². The molecule has 1 aliphatic carbocycles. The van der Waals surface area contributed by atoms with E-state index < -0.39 is 0 Å². The molecule has 1 amide bonds. The van der Waals surface area contributed by atoms with Crippen LogP contribution in [-0.4, -0.2) is 22.6 Å². The zero-order valence-corrected chi connectivity index (χ0v) is 7.53. The van der Waals surface area contributed by atoms with Crippen molar-refractivity contribution in [2.45, 2.75) is 18.5 Å². The molecule has 2 atom stereocenters. The smallest absolute Gasteiger partial charge is 0.268 e. The van der Waals surface area contributed by atoms with Gasteiger partial charge in [-0.15, -0.1) is 0 Å². The molecule has 0 bridgehead atoms. The standard InChI is InChI=1S/C9H13N3O/c1-12-4-2-3-8(12)9(13)11-7-5-6(7)10/h2-4,6-7H,5,10H2,1H3,(H,11,13). The molecule has 0 aromatic carbocycles. The number of carbonyl (C=O) groups excluding carboxylic acids is 1. The van der Waals surface area contributed by atoms with Crippen LogP contribution in [0.2, 0.25) is 0 Å². The third kappa shape index (κ3) is 1.58. The molecule has 1 aromatic rings. The average molecular weight is 179 g/mol. The maximum atomic E-state index is 11.5. The molecular formula is C9H13N3O. The van der Waals surface area contributed by atoms with Gasteiger partial charge >= 0.3 is 0 Å². The van der Waals surface area contributed by atoms with E-state index in [0.717, 1.165) is 6.42 Å². The molecule has 70 valence electrons. The molecule has 0 saturated heterocycles. The highest BCUT2D eigenvalue weighted by atomic mass is 16.2. The first kappa shape index (κ1) is 8.31. The van der Waals surface area contributed by atoms with Gasteiger partial charge < -0.3 is 15.6 Å². The van der Waals surface area contributed by atoms with E-state index in [2.05, 4.69) is 5.32 Å². The molecule has 4 heteroatoms. The van der Waals surface area contributed by atoms with Crippen molar-refractivity contribution in [3.8, 4) is 0 Å². The molecule has 13 heavy (non-hydrogen) atoms. The fraction of sp³-hybridized carbons (Fsp3) is 0.444. The minimum absolute atomic E-state index is 0.0366. The van der Waals surface area contributed by atoms with Crippen LogP contribution in [0.3, 0.4) is 0 Å². The van der Waals surface area contributed by atoms with E-state index in [1.165, 1.54) is 0 Å². The van der Waals surface area contributed by atoms with E-state index >= 15 is 0 Å². The first-order valence-corrected chi connectivity index (χ1v) is 4.36. The highest BCUT2D eigenvalue weighted by Crippen LogP contribution is 2.18. The lowest BCUT2D eigenvalue weighted by molar-refractivity contribution is 0.0942. The Hall–Kier alpha value is -1.29. The summed E-state index contributed by atoms with van der Waals surface area (Å²) in [4.78, 5) is 11.5. The van der Waals surface area contributed by atoms with Gasteiger partial charge in [-0.3, -0.25) is 4.79 Å². The minimum Gasteiger partial charge on any atom is -0.347 e. The molecule has 0 radical (unpaired) electrons. The van der Waals surface area contributed by atoms with Crippen molar-refractivity contribution in [3.05, 3.63) is 24.0 Å². The summed E-state index contributed by atoms with van der Waals surface area (Å²) in [6, 6.07) is 3.98. The first-order chi connectivity index (χ1) is 6.18. The van der Waals surface area contributed by atoms with E-state index in [4.69, 9.17) is 5.73 Å². The highest BCUT2D eigenvalue weighted by molar-refractivity contribution is 5.93. The molecule has 1 fully saturated rings. The van der Waals surface area contributed by atoms with Crippen LogP contribution in [0.4, 0.5) is 0 Å². The predicted octanol–water partition coefficient (Wildman–Crippen LogP) is -0.146. The van der Waals surface area contributed by atoms with Crippen LogP contribution in [0, 0.1) is 0 Å². The lowest BCUT2D eigenvalue weighted by Gasteiger charge is -2.04. The van der Waals surface area contributed by atoms with Crippen LogP contribution in [0.5, 0.6) is 0 Å². The van der Waals surface area contributed by atoms with Crippen molar-refractivity contribution in [2.75, 3.05) is 0 Å². The number of hydrogen-bond donors (Lipinski definition) is 2. The number of nitrogens with two attached hydrogens (primary N) is 1. The Kier molecular flexibility index (Phi) is 1.84. The Morgan fingerprint density at radius 2 is 2.46 bits per heavy atom. The number of nitrogens with one attached hydrogen (secondary N) is 1. The van der Waals surface area contributed by atoms with Crippen molar-refractivity contribution in [1.29, 1.82) is 0 Å². The van der Waals surface area contributed by atoms with E-state index in [-0.39, 0.29) is 18.0 Å². The summed E-state index contributed by atoms with van der Waals surface area (Å²) in [5, 5.41) is 2.86. The van der Waals surface area contributed by atoms with Gasteiger partial charge in [-0.05, 0) is 18.6 Å². The summed E-state index contributed by atoms with van der Waals surface area (Å²) < 4.78 is 1.79. The van der Waals surface area contributed by atoms with Crippen LogP contribution in [0.15, 0.2) is 18.3 Å². The number of amides is 1. The number of rotatable bonds is 2. The van der Waals surface area contributed by atoms with E-state index in [0.29, 0.717) is 5.69 Å². The van der Waals surface area contributed by atoms with Crippen molar-refractivity contribution in [1.82, 2.24) is 9.88 Å². The Balaban J connectivity index is 2.01. The van der Waals surface area contributed by atoms with Gasteiger partial charge in [0.1, 0.15) is 5.69 Å². The SMILES string of the molecule is Cn1cccc1C(=O)NC1CC1N. The van der Waals surface area contributed by atoms with Gasteiger partial charge in [0.25, 0.3) is 5.91 Å². The molecule has 4 nitrogen and oxygen atoms in total. The molecule has 1 heterocycles. The number of carbonyl (C=O) groups is 1. The van der Waals surface area contributed by atoms with Crippen molar-refractivity contribution < 1.29 is 4.79 Å². The monoisotopic (exact) mass is 179 g/mol. The number of hydrogen-bond acceptors (Lipinski definition) is 2. The second kappa shape index (κ2) is 2.88. The third-order valence-electron chi connectivity index (χ3n) is 2.33. The summed E-state index contributed by atoms with van der Waals surface area (Å²) in [5.74, 6) is -0.0366. The van der Waals surface area contributed by atoms with Gasteiger partial charge in [0.15, 0.2) is 0 Å². The third-order valence-corrected chi connectivity index (χ3v) is 2.33. The normalized spacial score (nSPS) is 25.7. The molecule has 1 saturated carbocycles. The van der Waals surface area contributed by atoms with Crippen LogP contribution in [0.25, 0.3) is 0 Å². The van der Waals surface area contributed by atoms with Gasteiger partial charge in [0.05, 0.1) is 0 Å². The molecule has 0 spiro atoms. The number of nitrogens with zero attached hydrogens (tertiary/aromatic N) is 1. The summed E-state index contributed by atoms with van der Waals surface area (Å²) in [5.41, 5.74) is 6.26. The molecule has 2 unspecified atom stereocenters. The maximum absolute atomic E-state index is 11.5. The van der Waals surface area contributed by atoms with Crippen LogP contribution in [0.1, 0.15) is 16.9 Å². The lowest BCUT2D eigenvalue weighted by Crippen LogP contribution is -2.30. The largest absolute Gasteiger partial charge is 0.347 e. The van der Waals surface area contributed by atoms with Gasteiger partial charge in [-0.2, -0.15) is 0 Å². The zero-order valence-electron chi connectivity index (χ0n) is 7.53. The van der Waals surface area contributed by atoms with E-state index in [9.17, 15) is 4.79 Å². The topological polar surface area (TPSA) is 60.0 Å². The van der Waals surface area contributed by atoms with Crippen LogP contribution in [-0.2, 0) is 7.05 Å². The molecule has 1 aliphatic rings. The van der Waals surface area contributed by atoms with Crippen molar-refractivity contribution in [3.63, 3.8) is 0 Å². The molecule has 0 aliphatic heterocycles. The van der Waals surface area contributed by atoms with Gasteiger partial charge in [-0.25, -0.2) is 0 Å². The second-order valence-corrected chi connectivity index (χ2v) is 3.48. The van der Waals surface area contributed by atoms with Crippen molar-refractivity contribution in [2.24, 2.45) is 12.8 Å². The second-order valence-electron chi connectivity index (χ2n) is 3.48. The first-order valence-electron chi connectivity index (χ1n) is 4.36. The molecular weight excluding hydrogens is 166 g/mol. The van der Waals surface area contributed by atoms with E-state index in [1.54, 1.807) is 10.6 Å². The Morgan fingerprint density at radius 1 is 1.77 bits per heavy atom. The lowest BCUT2D eigenvalue weighted by atomic mass is 10.4. The number of aromatic nitrogens is 1. The fourth-order valence-corrected chi connectivity index (χ4v) is 1.32. The molecule has 3 N–H and O–H groups in total.